The van der Waals surface area contributed by atoms with Gasteiger partial charge in [-0.2, -0.15) is 0 Å². The summed E-state index contributed by atoms with van der Waals surface area (Å²) >= 11 is -3.94. The van der Waals surface area contributed by atoms with Gasteiger partial charge in [0.1, 0.15) is 143 Å². The summed E-state index contributed by atoms with van der Waals surface area (Å²) in [6.07, 6.45) is 3.93. The standard InChI is InChI=1S/3C15H22N6O5S.AsO3/c3*1-27(3-2-7(16)15(24)25)4-8-10(22)11(23)14(26-8)21-6-20-9-12(17)18-5-19-13(9)21;2-1(3)4/h3*5-8,10-11,14,22-23H,2-4,16H2,1H3,(H2-,17,18,19,24,25);/q;;;-3/p+3/t3*7-,8+,10+,11+,14+,27?;/m000./s1. The molecule has 3 unspecified atom stereocenters. The SMILES string of the molecule is C[S+](CC[C@H](N)C(=O)O)C[C@H]1O[C@@H](n2cnc3c(N)ncnc32)[C@H](O)[C@@H]1O.C[S+](CC[C@H](N)C(=O)O)C[C@H]1O[C@@H](n2cnc3c(N)ncnc32)[C@H](O)[C@@H]1O.C[S+](CC[C@H](N)C(=O)O)C[C@H]1O[C@@H](n2cnc3c(N)ncnc32)[C@H](O)[C@@H]1O.[O-][As]([O-])[O-]. The second kappa shape index (κ2) is 30.9. The molecule has 0 saturated carbocycles. The fourth-order valence-electron chi connectivity index (χ4n) is 8.90. The summed E-state index contributed by atoms with van der Waals surface area (Å²) in [5, 5.41) is 89.0. The van der Waals surface area contributed by atoms with Crippen molar-refractivity contribution in [1.82, 2.24) is 58.6 Å². The number of fused-ring (bicyclic) bond motifs is 3. The minimum atomic E-state index is -3.94. The van der Waals surface area contributed by atoms with Crippen LogP contribution in [0.4, 0.5) is 17.5 Å². The van der Waals surface area contributed by atoms with E-state index in [1.165, 1.54) is 51.7 Å². The summed E-state index contributed by atoms with van der Waals surface area (Å²) in [5.74, 6) is 0.763. The number of nitrogen functional groups attached to an aromatic ring is 3. The van der Waals surface area contributed by atoms with Crippen LogP contribution >= 0.6 is 0 Å². The number of hydrogen-bond acceptors (Lipinski definition) is 30. The average Bonchev–Trinajstić information content (AvgIpc) is 2.05. The molecule has 0 aliphatic carbocycles. The molecule has 0 radical (unpaired) electrons. The monoisotopic (exact) mass is 1320 g/mol. The molecule has 18 atom stereocenters. The number of rotatable bonds is 21. The Kier molecular flexibility index (Phi) is 24.9. The van der Waals surface area contributed by atoms with Crippen molar-refractivity contribution in [1.29, 1.82) is 0 Å². The number of carbonyl (C=O) groups is 3. The number of aliphatic hydroxyl groups is 6. The molecule has 9 heterocycles. The quantitative estimate of drug-likeness (QED) is 0.0235. The summed E-state index contributed by atoms with van der Waals surface area (Å²) in [6.45, 7) is 0. The van der Waals surface area contributed by atoms with Crippen LogP contribution in [0, 0.1) is 0 Å². The van der Waals surface area contributed by atoms with Gasteiger partial charge in [-0.05, 0) is 32.7 Å². The number of nitrogens with two attached hydrogens (primary N) is 6. The molecule has 0 spiro atoms. The molecule has 21 N–H and O–H groups in total. The summed E-state index contributed by atoms with van der Waals surface area (Å²) < 4.78 is 47.9. The van der Waals surface area contributed by atoms with Crippen molar-refractivity contribution in [3.05, 3.63) is 38.0 Å². The Morgan fingerprint density at radius 1 is 0.482 bits per heavy atom. The molecule has 3 saturated heterocycles. The maximum atomic E-state index is 10.8. The number of imidazole rings is 3. The van der Waals surface area contributed by atoms with Crippen LogP contribution in [-0.2, 0) is 61.3 Å². The first-order chi connectivity index (χ1) is 40.1. The Morgan fingerprint density at radius 2 is 0.718 bits per heavy atom. The Bertz CT molecular complexity index is 2840. The number of carboxylic acids is 3. The number of aromatic nitrogens is 12. The van der Waals surface area contributed by atoms with Crippen LogP contribution in [0.2, 0.25) is 0 Å². The van der Waals surface area contributed by atoms with Crippen LogP contribution in [0.3, 0.4) is 0 Å². The first-order valence-electron chi connectivity index (χ1n) is 25.5. The summed E-state index contributed by atoms with van der Waals surface area (Å²) in [5.41, 5.74) is 36.3. The average molecular weight is 1320 g/mol. The molecule has 6 aromatic heterocycles. The number of anilines is 3. The molecule has 3 fully saturated rings. The van der Waals surface area contributed by atoms with E-state index in [4.69, 9.17) is 76.2 Å². The van der Waals surface area contributed by atoms with Gasteiger partial charge in [-0.25, -0.2) is 44.9 Å². The number of nitrogens with zero attached hydrogens (tertiary/aromatic N) is 12. The van der Waals surface area contributed by atoms with Crippen molar-refractivity contribution in [2.45, 2.75) is 111 Å². The van der Waals surface area contributed by atoms with Gasteiger partial charge in [0, 0.05) is 19.3 Å². The Hall–Kier alpha value is -5.53. The number of aliphatic carboxylic acids is 3. The van der Waals surface area contributed by atoms with Gasteiger partial charge < -0.3 is 94.6 Å². The van der Waals surface area contributed by atoms with Crippen LogP contribution in [0.1, 0.15) is 37.9 Å². The van der Waals surface area contributed by atoms with E-state index in [1.807, 2.05) is 18.8 Å². The van der Waals surface area contributed by atoms with Crippen LogP contribution < -0.4 is 46.7 Å². The molecule has 3 aliphatic rings. The number of aliphatic hydroxyl groups excluding tert-OH is 6. The molecule has 6 aromatic rings. The van der Waals surface area contributed by atoms with Crippen molar-refractivity contribution in [3.63, 3.8) is 0 Å². The normalized spacial score (nSPS) is 26.8. The van der Waals surface area contributed by atoms with Gasteiger partial charge in [0.05, 0.1) is 37.7 Å². The van der Waals surface area contributed by atoms with Crippen LogP contribution in [0.15, 0.2) is 38.0 Å². The van der Waals surface area contributed by atoms with E-state index in [2.05, 4.69) is 44.9 Å². The third-order valence-corrected chi connectivity index (χ3v) is 19.1. The molecule has 0 amide bonds. The molecule has 40 heteroatoms. The summed E-state index contributed by atoms with van der Waals surface area (Å²) in [6, 6.07) is -2.72. The van der Waals surface area contributed by atoms with Crippen molar-refractivity contribution >= 4 is 117 Å². The number of ether oxygens (including phenoxy) is 3. The van der Waals surface area contributed by atoms with Gasteiger partial charge >= 0.3 is 45.9 Å². The van der Waals surface area contributed by atoms with Crippen LogP contribution in [0.5, 0.6) is 0 Å². The number of hydrogen-bond donors (Lipinski definition) is 15. The first-order valence-corrected chi connectivity index (χ1v) is 33.7. The van der Waals surface area contributed by atoms with Crippen molar-refractivity contribution in [3.8, 4) is 0 Å². The second-order valence-corrected chi connectivity index (χ2v) is 27.6. The van der Waals surface area contributed by atoms with Gasteiger partial charge in [0.25, 0.3) is 0 Å². The molecule has 85 heavy (non-hydrogen) atoms. The molecular formula is C45H69AsN18O18S3. The number of carboxylic acid groups (broad SMARTS) is 3. The fourth-order valence-corrected chi connectivity index (χ4v) is 13.9. The van der Waals surface area contributed by atoms with E-state index >= 15 is 0 Å². The van der Waals surface area contributed by atoms with E-state index in [-0.39, 0.29) is 50.1 Å². The molecule has 36 nitrogen and oxygen atoms in total. The zero-order valence-corrected chi connectivity index (χ0v) is 50.0. The van der Waals surface area contributed by atoms with E-state index in [0.29, 0.717) is 87.3 Å². The van der Waals surface area contributed by atoms with E-state index < -0.39 is 125 Å². The molecule has 9 rings (SSSR count). The second-order valence-electron chi connectivity index (χ2n) is 19.8. The fraction of sp³-hybridized carbons (Fsp3) is 0.600. The zero-order chi connectivity index (χ0) is 62.7. The summed E-state index contributed by atoms with van der Waals surface area (Å²) in [4.78, 5) is 68.9. The zero-order valence-electron chi connectivity index (χ0n) is 45.7. The van der Waals surface area contributed by atoms with Crippen LogP contribution in [-0.4, -0.2) is 264 Å². The third-order valence-electron chi connectivity index (χ3n) is 13.6. The topological polar surface area (TPSA) is 617 Å². The third kappa shape index (κ3) is 17.4. The molecule has 470 valence electrons. The molecule has 3 aliphatic heterocycles. The summed E-state index contributed by atoms with van der Waals surface area (Å²) in [7, 11) is -0.705. The van der Waals surface area contributed by atoms with Crippen LogP contribution in [0.25, 0.3) is 33.5 Å². The van der Waals surface area contributed by atoms with Gasteiger partial charge in [0.15, 0.2) is 53.1 Å². The van der Waals surface area contributed by atoms with Gasteiger partial charge in [-0.1, -0.05) is 0 Å². The van der Waals surface area contributed by atoms with Crippen molar-refractivity contribution < 1.29 is 86.8 Å². The van der Waals surface area contributed by atoms with Gasteiger partial charge in [0.2, 0.25) is 0 Å². The minimum absolute atomic E-state index is 0.216. The Morgan fingerprint density at radius 3 is 0.941 bits per heavy atom. The van der Waals surface area contributed by atoms with Gasteiger partial charge in [-0.3, -0.25) is 28.1 Å². The first kappa shape index (κ1) is 68.6. The van der Waals surface area contributed by atoms with E-state index in [1.54, 1.807) is 0 Å². The van der Waals surface area contributed by atoms with Gasteiger partial charge in [-0.15, -0.1) is 0 Å². The van der Waals surface area contributed by atoms with E-state index in [9.17, 15) is 45.0 Å². The maximum absolute atomic E-state index is 10.8. The predicted molar refractivity (Wildman–Crippen MR) is 302 cm³/mol. The Labute approximate surface area is 497 Å². The van der Waals surface area contributed by atoms with Crippen molar-refractivity contribution in [2.24, 2.45) is 17.2 Å². The molecule has 0 bridgehead atoms. The molecule has 0 aromatic carbocycles. The van der Waals surface area contributed by atoms with E-state index in [0.717, 1.165) is 0 Å². The molecular weight excluding hydrogens is 1250 g/mol. The predicted octanol–water partition coefficient (Wildman–Crippen LogP) is -9.71. The Balaban J connectivity index is 0.000000198. The van der Waals surface area contributed by atoms with Crippen molar-refractivity contribution in [2.75, 3.05) is 70.5 Å².